The minimum Gasteiger partial charge on any atom is -0.492 e. The van der Waals surface area contributed by atoms with Gasteiger partial charge in [0.15, 0.2) is 0 Å². The lowest BCUT2D eigenvalue weighted by molar-refractivity contribution is 0.332. The van der Waals surface area contributed by atoms with Gasteiger partial charge in [-0.15, -0.1) is 0 Å². The van der Waals surface area contributed by atoms with Crippen molar-refractivity contribution >= 4 is 5.82 Å². The Morgan fingerprint density at radius 3 is 2.72 bits per heavy atom. The summed E-state index contributed by atoms with van der Waals surface area (Å²) in [6.07, 6.45) is 1.80. The first kappa shape index (κ1) is 12.4. The van der Waals surface area contributed by atoms with Gasteiger partial charge in [-0.1, -0.05) is 12.1 Å². The first-order valence-corrected chi connectivity index (χ1v) is 6.10. The van der Waals surface area contributed by atoms with Gasteiger partial charge in [0.05, 0.1) is 6.54 Å². The zero-order valence-corrected chi connectivity index (χ0v) is 10.8. The predicted octanol–water partition coefficient (Wildman–Crippen LogP) is 3.19. The highest BCUT2D eigenvalue weighted by Gasteiger charge is 1.95. The Morgan fingerprint density at radius 1 is 1.11 bits per heavy atom. The van der Waals surface area contributed by atoms with Crippen LogP contribution in [0.25, 0.3) is 0 Å². The van der Waals surface area contributed by atoms with Crippen LogP contribution in [0.2, 0.25) is 0 Å². The third kappa shape index (κ3) is 3.77. The minimum atomic E-state index is 0.624. The number of hydrogen-bond donors (Lipinski definition) is 1. The van der Waals surface area contributed by atoms with E-state index in [4.69, 9.17) is 4.74 Å². The molecule has 0 fully saturated rings. The van der Waals surface area contributed by atoms with Crippen molar-refractivity contribution in [1.82, 2.24) is 4.98 Å². The molecule has 0 aliphatic heterocycles. The summed E-state index contributed by atoms with van der Waals surface area (Å²) in [5, 5.41) is 3.23. The Kier molecular flexibility index (Phi) is 4.18. The Morgan fingerprint density at radius 2 is 1.94 bits per heavy atom. The number of aromatic nitrogens is 1. The summed E-state index contributed by atoms with van der Waals surface area (Å²) in [4.78, 5) is 4.23. The van der Waals surface area contributed by atoms with Crippen LogP contribution in [0.3, 0.4) is 0 Å². The van der Waals surface area contributed by atoms with E-state index in [2.05, 4.69) is 30.2 Å². The molecule has 1 N–H and O–H groups in total. The number of nitrogens with one attached hydrogen (secondary N) is 1. The average Bonchev–Trinajstić information content (AvgIpc) is 2.35. The van der Waals surface area contributed by atoms with Gasteiger partial charge in [-0.25, -0.2) is 4.98 Å². The van der Waals surface area contributed by atoms with Crippen molar-refractivity contribution in [3.63, 3.8) is 0 Å². The molecular weight excluding hydrogens is 224 g/mol. The van der Waals surface area contributed by atoms with Gasteiger partial charge in [-0.3, -0.25) is 0 Å². The summed E-state index contributed by atoms with van der Waals surface area (Å²) < 4.78 is 5.65. The zero-order chi connectivity index (χ0) is 12.8. The second-order valence-electron chi connectivity index (χ2n) is 4.31. The predicted molar refractivity (Wildman–Crippen MR) is 74.1 cm³/mol. The molecule has 2 rings (SSSR count). The zero-order valence-electron chi connectivity index (χ0n) is 10.8. The molecule has 1 aromatic heterocycles. The quantitative estimate of drug-likeness (QED) is 0.818. The van der Waals surface area contributed by atoms with E-state index in [1.165, 1.54) is 11.1 Å². The van der Waals surface area contributed by atoms with Gasteiger partial charge < -0.3 is 10.1 Å². The molecule has 3 nitrogen and oxygen atoms in total. The van der Waals surface area contributed by atoms with Crippen molar-refractivity contribution in [3.8, 4) is 5.75 Å². The molecule has 94 valence electrons. The lowest BCUT2D eigenvalue weighted by atomic mass is 10.2. The Bertz CT molecular complexity index is 464. The van der Waals surface area contributed by atoms with Gasteiger partial charge >= 0.3 is 0 Å². The summed E-state index contributed by atoms with van der Waals surface area (Å²) in [5.41, 5.74) is 2.41. The van der Waals surface area contributed by atoms with E-state index >= 15 is 0 Å². The lowest BCUT2D eigenvalue weighted by Gasteiger charge is -2.08. The second kappa shape index (κ2) is 6.05. The summed E-state index contributed by atoms with van der Waals surface area (Å²) in [7, 11) is 0. The molecule has 18 heavy (non-hydrogen) atoms. The number of hydrogen-bond acceptors (Lipinski definition) is 3. The maximum Gasteiger partial charge on any atom is 0.126 e. The molecule has 1 aromatic carbocycles. The number of nitrogens with zero attached hydrogens (tertiary/aromatic N) is 1. The van der Waals surface area contributed by atoms with E-state index in [1.807, 2.05) is 30.3 Å². The molecule has 0 radical (unpaired) electrons. The molecule has 2 aromatic rings. The molecule has 0 bridgehead atoms. The van der Waals surface area contributed by atoms with Crippen LogP contribution < -0.4 is 10.1 Å². The number of benzene rings is 1. The van der Waals surface area contributed by atoms with E-state index in [0.717, 1.165) is 18.1 Å². The van der Waals surface area contributed by atoms with Crippen molar-refractivity contribution in [2.24, 2.45) is 0 Å². The summed E-state index contributed by atoms with van der Waals surface area (Å²) in [5.74, 6) is 1.80. The molecule has 0 aliphatic carbocycles. The highest BCUT2D eigenvalue weighted by Crippen LogP contribution is 2.12. The molecule has 0 spiro atoms. The van der Waals surface area contributed by atoms with Crippen molar-refractivity contribution in [2.75, 3.05) is 18.5 Å². The van der Waals surface area contributed by atoms with Crippen molar-refractivity contribution in [2.45, 2.75) is 13.8 Å². The van der Waals surface area contributed by atoms with E-state index in [9.17, 15) is 0 Å². The summed E-state index contributed by atoms with van der Waals surface area (Å²) in [6.45, 7) is 5.47. The largest absolute Gasteiger partial charge is 0.492 e. The van der Waals surface area contributed by atoms with Gasteiger partial charge in [-0.2, -0.15) is 0 Å². The SMILES string of the molecule is Cc1cccc(OCCNc2cc(C)ccn2)c1. The number of ether oxygens (including phenoxy) is 1. The van der Waals surface area contributed by atoms with Crippen LogP contribution in [0, 0.1) is 13.8 Å². The van der Waals surface area contributed by atoms with Crippen LogP contribution >= 0.6 is 0 Å². The van der Waals surface area contributed by atoms with Crippen molar-refractivity contribution < 1.29 is 4.74 Å². The highest BCUT2D eigenvalue weighted by molar-refractivity contribution is 5.36. The minimum absolute atomic E-state index is 0.624. The first-order chi connectivity index (χ1) is 8.74. The number of aryl methyl sites for hydroxylation is 2. The number of anilines is 1. The molecule has 0 unspecified atom stereocenters. The fourth-order valence-corrected chi connectivity index (χ4v) is 1.69. The average molecular weight is 242 g/mol. The fraction of sp³-hybridized carbons (Fsp3) is 0.267. The third-order valence-electron chi connectivity index (χ3n) is 2.58. The van der Waals surface area contributed by atoms with E-state index in [1.54, 1.807) is 6.20 Å². The van der Waals surface area contributed by atoms with E-state index < -0.39 is 0 Å². The lowest BCUT2D eigenvalue weighted by Crippen LogP contribution is -2.12. The van der Waals surface area contributed by atoms with Crippen LogP contribution in [-0.4, -0.2) is 18.1 Å². The maximum atomic E-state index is 5.65. The standard InChI is InChI=1S/C15H18N2O/c1-12-4-3-5-14(10-12)18-9-8-17-15-11-13(2)6-7-16-15/h3-7,10-11H,8-9H2,1-2H3,(H,16,17). The smallest absolute Gasteiger partial charge is 0.126 e. The van der Waals surface area contributed by atoms with Gasteiger partial charge in [0.1, 0.15) is 18.2 Å². The van der Waals surface area contributed by atoms with Crippen LogP contribution in [0.4, 0.5) is 5.82 Å². The van der Waals surface area contributed by atoms with Gasteiger partial charge in [0, 0.05) is 6.20 Å². The van der Waals surface area contributed by atoms with E-state index in [-0.39, 0.29) is 0 Å². The Hall–Kier alpha value is -2.03. The molecule has 0 saturated carbocycles. The van der Waals surface area contributed by atoms with Gasteiger partial charge in [0.25, 0.3) is 0 Å². The summed E-state index contributed by atoms with van der Waals surface area (Å²) in [6, 6.07) is 12.1. The fourth-order valence-electron chi connectivity index (χ4n) is 1.69. The van der Waals surface area contributed by atoms with Crippen LogP contribution in [0.15, 0.2) is 42.6 Å². The maximum absolute atomic E-state index is 5.65. The van der Waals surface area contributed by atoms with Crippen molar-refractivity contribution in [1.29, 1.82) is 0 Å². The van der Waals surface area contributed by atoms with Crippen LogP contribution in [0.5, 0.6) is 5.75 Å². The number of rotatable bonds is 5. The van der Waals surface area contributed by atoms with Crippen LogP contribution in [-0.2, 0) is 0 Å². The molecular formula is C15H18N2O. The first-order valence-electron chi connectivity index (χ1n) is 6.10. The highest BCUT2D eigenvalue weighted by atomic mass is 16.5. The summed E-state index contributed by atoms with van der Waals surface area (Å²) >= 11 is 0. The molecule has 0 atom stereocenters. The monoisotopic (exact) mass is 242 g/mol. The second-order valence-corrected chi connectivity index (χ2v) is 4.31. The Balaban J connectivity index is 1.76. The number of pyridine rings is 1. The van der Waals surface area contributed by atoms with Gasteiger partial charge in [-0.05, 0) is 49.2 Å². The molecule has 0 amide bonds. The molecule has 1 heterocycles. The molecule has 3 heteroatoms. The van der Waals surface area contributed by atoms with E-state index in [0.29, 0.717) is 6.61 Å². The van der Waals surface area contributed by atoms with Crippen molar-refractivity contribution in [3.05, 3.63) is 53.7 Å². The molecule has 0 aliphatic rings. The normalized spacial score (nSPS) is 10.1. The van der Waals surface area contributed by atoms with Crippen LogP contribution in [0.1, 0.15) is 11.1 Å². The third-order valence-corrected chi connectivity index (χ3v) is 2.58. The van der Waals surface area contributed by atoms with Gasteiger partial charge in [0.2, 0.25) is 0 Å². The molecule has 0 saturated heterocycles. The topological polar surface area (TPSA) is 34.1 Å². The Labute approximate surface area is 108 Å².